The molecular formula is C14H11NO2S. The minimum atomic E-state index is -0.0196. The summed E-state index contributed by atoms with van der Waals surface area (Å²) in [5.41, 5.74) is 0.893. The van der Waals surface area contributed by atoms with Gasteiger partial charge in [0.2, 0.25) is 0 Å². The van der Waals surface area contributed by atoms with Crippen molar-refractivity contribution in [1.82, 2.24) is 4.98 Å². The molecule has 4 heteroatoms. The molecule has 1 aromatic heterocycles. The number of benzene rings is 2. The molecule has 3 nitrogen and oxygen atoms in total. The maximum atomic E-state index is 9.06. The molecule has 0 fully saturated rings. The maximum Gasteiger partial charge on any atom is 0.128 e. The number of aromatic nitrogens is 1. The summed E-state index contributed by atoms with van der Waals surface area (Å²) in [5, 5.41) is 9.78. The number of hydrogen-bond acceptors (Lipinski definition) is 4. The highest BCUT2D eigenvalue weighted by Gasteiger charge is 2.04. The van der Waals surface area contributed by atoms with Crippen LogP contribution >= 0.6 is 11.3 Å². The van der Waals surface area contributed by atoms with Crippen LogP contribution in [0.25, 0.3) is 10.2 Å². The van der Waals surface area contributed by atoms with Crippen molar-refractivity contribution in [2.45, 2.75) is 6.61 Å². The number of fused-ring (bicyclic) bond motifs is 1. The quantitative estimate of drug-likeness (QED) is 0.779. The molecule has 0 saturated heterocycles. The Hall–Kier alpha value is -1.91. The lowest BCUT2D eigenvalue weighted by atomic mass is 10.3. The average molecular weight is 257 g/mol. The Morgan fingerprint density at radius 1 is 1.06 bits per heavy atom. The van der Waals surface area contributed by atoms with Gasteiger partial charge in [-0.3, -0.25) is 0 Å². The summed E-state index contributed by atoms with van der Waals surface area (Å²) in [6, 6.07) is 15.4. The van der Waals surface area contributed by atoms with Crippen molar-refractivity contribution in [2.75, 3.05) is 0 Å². The molecule has 3 rings (SSSR count). The molecule has 1 heterocycles. The molecule has 1 N–H and O–H groups in total. The summed E-state index contributed by atoms with van der Waals surface area (Å²) in [6.07, 6.45) is 0. The summed E-state index contributed by atoms with van der Waals surface area (Å²) < 4.78 is 6.77. The lowest BCUT2D eigenvalue weighted by molar-refractivity contribution is 0.281. The number of ether oxygens (including phenoxy) is 1. The Balaban J connectivity index is 1.93. The molecule has 0 spiro atoms. The van der Waals surface area contributed by atoms with E-state index in [-0.39, 0.29) is 6.61 Å². The molecule has 18 heavy (non-hydrogen) atoms. The zero-order valence-corrected chi connectivity index (χ0v) is 10.4. The second-order valence-corrected chi connectivity index (χ2v) is 4.93. The molecule has 0 amide bonds. The van der Waals surface area contributed by atoms with Crippen LogP contribution in [0.3, 0.4) is 0 Å². The van der Waals surface area contributed by atoms with Crippen LogP contribution in [0, 0.1) is 0 Å². The fourth-order valence-corrected chi connectivity index (χ4v) is 2.56. The Morgan fingerprint density at radius 2 is 1.89 bits per heavy atom. The van der Waals surface area contributed by atoms with Crippen LogP contribution in [0.2, 0.25) is 0 Å². The van der Waals surface area contributed by atoms with Crippen molar-refractivity contribution in [3.05, 3.63) is 53.5 Å². The van der Waals surface area contributed by atoms with Gasteiger partial charge in [-0.25, -0.2) is 4.98 Å². The third kappa shape index (κ3) is 2.20. The first-order valence-corrected chi connectivity index (χ1v) is 6.40. The van der Waals surface area contributed by atoms with E-state index in [1.54, 1.807) is 0 Å². The van der Waals surface area contributed by atoms with Gasteiger partial charge in [0.25, 0.3) is 0 Å². The van der Waals surface area contributed by atoms with Gasteiger partial charge in [-0.15, -0.1) is 11.3 Å². The van der Waals surface area contributed by atoms with E-state index in [0.29, 0.717) is 0 Å². The molecule has 0 atom stereocenters. The molecule has 90 valence electrons. The third-order valence-electron chi connectivity index (χ3n) is 2.52. The van der Waals surface area contributed by atoms with Crippen LogP contribution in [0.5, 0.6) is 11.5 Å². The number of para-hydroxylation sites is 1. The summed E-state index contributed by atoms with van der Waals surface area (Å²) in [5.74, 6) is 1.59. The highest BCUT2D eigenvalue weighted by Crippen LogP contribution is 2.28. The average Bonchev–Trinajstić information content (AvgIpc) is 2.82. The fraction of sp³-hybridized carbons (Fsp3) is 0.0714. The molecule has 0 bridgehead atoms. The van der Waals surface area contributed by atoms with Crippen molar-refractivity contribution >= 4 is 21.6 Å². The van der Waals surface area contributed by atoms with Gasteiger partial charge in [-0.2, -0.15) is 0 Å². The Kier molecular flexibility index (Phi) is 2.96. The van der Waals surface area contributed by atoms with Crippen LogP contribution in [-0.2, 0) is 6.61 Å². The molecule has 0 saturated carbocycles. The van der Waals surface area contributed by atoms with Crippen LogP contribution < -0.4 is 4.74 Å². The van der Waals surface area contributed by atoms with Gasteiger partial charge in [0, 0.05) is 6.07 Å². The van der Waals surface area contributed by atoms with Crippen LogP contribution in [0.4, 0.5) is 0 Å². The van der Waals surface area contributed by atoms with Crippen LogP contribution in [-0.4, -0.2) is 10.1 Å². The fourth-order valence-electron chi connectivity index (χ4n) is 1.71. The third-order valence-corrected chi connectivity index (χ3v) is 3.52. The van der Waals surface area contributed by atoms with E-state index in [1.165, 1.54) is 11.3 Å². The van der Waals surface area contributed by atoms with E-state index in [2.05, 4.69) is 4.98 Å². The van der Waals surface area contributed by atoms with E-state index in [9.17, 15) is 0 Å². The predicted octanol–water partition coefficient (Wildman–Crippen LogP) is 3.58. The number of hydrogen-bond donors (Lipinski definition) is 1. The molecule has 2 aromatic carbocycles. The first kappa shape index (κ1) is 11.2. The minimum absolute atomic E-state index is 0.0196. The topological polar surface area (TPSA) is 42.4 Å². The van der Waals surface area contributed by atoms with Gasteiger partial charge in [0.1, 0.15) is 16.5 Å². The molecule has 3 aromatic rings. The smallest absolute Gasteiger partial charge is 0.128 e. The second-order valence-electron chi connectivity index (χ2n) is 3.81. The van der Waals surface area contributed by atoms with E-state index >= 15 is 0 Å². The van der Waals surface area contributed by atoms with Crippen molar-refractivity contribution in [3.63, 3.8) is 0 Å². The number of thiazole rings is 1. The van der Waals surface area contributed by atoms with Crippen molar-refractivity contribution in [1.29, 1.82) is 0 Å². The van der Waals surface area contributed by atoms with E-state index in [1.807, 2.05) is 48.5 Å². The first-order chi connectivity index (χ1) is 8.85. The van der Waals surface area contributed by atoms with E-state index < -0.39 is 0 Å². The lowest BCUT2D eigenvalue weighted by Gasteiger charge is -2.04. The molecular weight excluding hydrogens is 246 g/mol. The normalized spacial score (nSPS) is 10.7. The van der Waals surface area contributed by atoms with E-state index in [4.69, 9.17) is 9.84 Å². The zero-order chi connectivity index (χ0) is 12.4. The predicted molar refractivity (Wildman–Crippen MR) is 72.1 cm³/mol. The zero-order valence-electron chi connectivity index (χ0n) is 9.54. The van der Waals surface area contributed by atoms with Crippen LogP contribution in [0.15, 0.2) is 48.5 Å². The van der Waals surface area contributed by atoms with Gasteiger partial charge in [-0.1, -0.05) is 18.2 Å². The molecule has 0 radical (unpaired) electrons. The van der Waals surface area contributed by atoms with Gasteiger partial charge >= 0.3 is 0 Å². The Bertz CT molecular complexity index is 664. The monoisotopic (exact) mass is 257 g/mol. The summed E-state index contributed by atoms with van der Waals surface area (Å²) in [7, 11) is 0. The minimum Gasteiger partial charge on any atom is -0.457 e. The largest absolute Gasteiger partial charge is 0.457 e. The molecule has 0 unspecified atom stereocenters. The number of aliphatic hydroxyl groups is 1. The van der Waals surface area contributed by atoms with Crippen molar-refractivity contribution < 1.29 is 9.84 Å². The summed E-state index contributed by atoms with van der Waals surface area (Å²) in [4.78, 5) is 4.29. The molecule has 0 aliphatic rings. The molecule has 0 aliphatic carbocycles. The lowest BCUT2D eigenvalue weighted by Crippen LogP contribution is -1.82. The van der Waals surface area contributed by atoms with E-state index in [0.717, 1.165) is 26.7 Å². The number of aliphatic hydroxyl groups excluding tert-OH is 1. The maximum absolute atomic E-state index is 9.06. The Morgan fingerprint density at radius 3 is 2.67 bits per heavy atom. The van der Waals surface area contributed by atoms with Gasteiger partial charge in [0.15, 0.2) is 0 Å². The van der Waals surface area contributed by atoms with Crippen molar-refractivity contribution in [3.8, 4) is 11.5 Å². The highest BCUT2D eigenvalue weighted by atomic mass is 32.1. The standard InChI is InChI=1S/C14H11NO2S/c16-9-14-15-12-7-6-11(8-13(12)18-14)17-10-4-2-1-3-5-10/h1-8,16H,9H2. The van der Waals surface area contributed by atoms with Crippen LogP contribution in [0.1, 0.15) is 5.01 Å². The SMILES string of the molecule is OCc1nc2ccc(Oc3ccccc3)cc2s1. The highest BCUT2D eigenvalue weighted by molar-refractivity contribution is 7.18. The van der Waals surface area contributed by atoms with Gasteiger partial charge in [-0.05, 0) is 24.3 Å². The van der Waals surface area contributed by atoms with Gasteiger partial charge < -0.3 is 9.84 Å². The summed E-state index contributed by atoms with van der Waals surface area (Å²) in [6.45, 7) is -0.0196. The second kappa shape index (κ2) is 4.76. The first-order valence-electron chi connectivity index (χ1n) is 5.58. The van der Waals surface area contributed by atoms with Crippen molar-refractivity contribution in [2.24, 2.45) is 0 Å². The van der Waals surface area contributed by atoms with Gasteiger partial charge in [0.05, 0.1) is 16.8 Å². The number of nitrogens with zero attached hydrogens (tertiary/aromatic N) is 1. The molecule has 0 aliphatic heterocycles. The summed E-state index contributed by atoms with van der Waals surface area (Å²) >= 11 is 1.48. The Labute approximate surface area is 108 Å². The number of rotatable bonds is 3.